The summed E-state index contributed by atoms with van der Waals surface area (Å²) in [6.07, 6.45) is 0. The topological polar surface area (TPSA) is 59.2 Å². The second-order valence-electron chi connectivity index (χ2n) is 2.79. The van der Waals surface area contributed by atoms with Gasteiger partial charge in [0.25, 0.3) is 0 Å². The Morgan fingerprint density at radius 2 is 2.20 bits per heavy atom. The molecule has 0 aliphatic carbocycles. The first-order valence-corrected chi connectivity index (χ1v) is 5.26. The van der Waals surface area contributed by atoms with Gasteiger partial charge in [-0.05, 0) is 34.1 Å². The molecule has 15 heavy (non-hydrogen) atoms. The van der Waals surface area contributed by atoms with Crippen molar-refractivity contribution < 1.29 is 9.52 Å². The lowest BCUT2D eigenvalue weighted by Crippen LogP contribution is -1.79. The molecule has 78 valence electrons. The lowest BCUT2D eigenvalue weighted by atomic mass is 10.2. The Morgan fingerprint density at radius 3 is 2.80 bits per heavy atom. The lowest BCUT2D eigenvalue weighted by Gasteiger charge is -1.97. The Kier molecular flexibility index (Phi) is 3.04. The van der Waals surface area contributed by atoms with E-state index in [4.69, 9.17) is 21.1 Å². The molecule has 0 saturated carbocycles. The van der Waals surface area contributed by atoms with Crippen LogP contribution < -0.4 is 0 Å². The summed E-state index contributed by atoms with van der Waals surface area (Å²) in [5.41, 5.74) is 0.718. The fourth-order valence-corrected chi connectivity index (χ4v) is 1.49. The largest absolute Gasteiger partial charge is 0.418 e. The first-order valence-electron chi connectivity index (χ1n) is 4.09. The molecule has 2 aromatic rings. The van der Waals surface area contributed by atoms with Crippen molar-refractivity contribution in [3.8, 4) is 11.5 Å². The molecule has 0 spiro atoms. The quantitative estimate of drug-likeness (QED) is 0.923. The molecular weight excluding hydrogens is 283 g/mol. The number of aromatic nitrogens is 2. The fourth-order valence-electron chi connectivity index (χ4n) is 1.06. The van der Waals surface area contributed by atoms with Crippen LogP contribution in [0.15, 0.2) is 27.1 Å². The van der Waals surface area contributed by atoms with Gasteiger partial charge in [-0.1, -0.05) is 11.6 Å². The molecule has 1 N–H and O–H groups in total. The van der Waals surface area contributed by atoms with Gasteiger partial charge in [-0.3, -0.25) is 0 Å². The number of hydrogen-bond donors (Lipinski definition) is 1. The van der Waals surface area contributed by atoms with Crippen LogP contribution in [0.25, 0.3) is 11.5 Å². The summed E-state index contributed by atoms with van der Waals surface area (Å²) in [4.78, 5) is 0. The van der Waals surface area contributed by atoms with E-state index in [1.54, 1.807) is 18.2 Å². The van der Waals surface area contributed by atoms with Gasteiger partial charge in [0.15, 0.2) is 0 Å². The maximum absolute atomic E-state index is 8.77. The Labute approximate surface area is 99.0 Å². The van der Waals surface area contributed by atoms with Gasteiger partial charge in [0.1, 0.15) is 6.61 Å². The highest BCUT2D eigenvalue weighted by atomic mass is 79.9. The molecule has 0 amide bonds. The molecule has 4 nitrogen and oxygen atoms in total. The van der Waals surface area contributed by atoms with Gasteiger partial charge >= 0.3 is 0 Å². The van der Waals surface area contributed by atoms with Crippen molar-refractivity contribution in [2.75, 3.05) is 0 Å². The molecule has 0 unspecified atom stereocenters. The van der Waals surface area contributed by atoms with Crippen molar-refractivity contribution in [3.05, 3.63) is 33.6 Å². The zero-order chi connectivity index (χ0) is 10.8. The van der Waals surface area contributed by atoms with Crippen LogP contribution in [0.4, 0.5) is 0 Å². The van der Waals surface area contributed by atoms with Crippen molar-refractivity contribution in [3.63, 3.8) is 0 Å². The van der Waals surface area contributed by atoms with E-state index in [-0.39, 0.29) is 12.5 Å². The SMILES string of the molecule is OCc1nnc(-c2ccc(Br)c(Cl)c2)o1. The Morgan fingerprint density at radius 1 is 1.40 bits per heavy atom. The minimum absolute atomic E-state index is 0.184. The van der Waals surface area contributed by atoms with Gasteiger partial charge < -0.3 is 9.52 Å². The minimum Gasteiger partial charge on any atom is -0.418 e. The Balaban J connectivity index is 2.40. The predicted octanol–water partition coefficient (Wildman–Crippen LogP) is 2.64. The van der Waals surface area contributed by atoms with Crippen LogP contribution in [0.1, 0.15) is 5.89 Å². The van der Waals surface area contributed by atoms with Crippen LogP contribution in [0.3, 0.4) is 0 Å². The van der Waals surface area contributed by atoms with Gasteiger partial charge in [0.2, 0.25) is 11.8 Å². The van der Waals surface area contributed by atoms with Crippen molar-refractivity contribution in [2.45, 2.75) is 6.61 Å². The van der Waals surface area contributed by atoms with Crippen LogP contribution in [0.2, 0.25) is 5.02 Å². The highest BCUT2D eigenvalue weighted by Gasteiger charge is 2.08. The second-order valence-corrected chi connectivity index (χ2v) is 4.05. The number of benzene rings is 1. The van der Waals surface area contributed by atoms with E-state index < -0.39 is 0 Å². The smallest absolute Gasteiger partial charge is 0.247 e. The van der Waals surface area contributed by atoms with Crippen LogP contribution in [0.5, 0.6) is 0 Å². The molecule has 0 aliphatic heterocycles. The molecule has 6 heteroatoms. The maximum Gasteiger partial charge on any atom is 0.247 e. The predicted molar refractivity (Wildman–Crippen MR) is 58.4 cm³/mol. The summed E-state index contributed by atoms with van der Waals surface area (Å²) < 4.78 is 5.97. The molecule has 2 rings (SSSR count). The van der Waals surface area contributed by atoms with Gasteiger partial charge in [-0.2, -0.15) is 0 Å². The molecular formula is C9H6BrClN2O2. The average Bonchev–Trinajstić information content (AvgIpc) is 2.70. The Hall–Kier alpha value is -0.910. The molecule has 0 saturated heterocycles. The summed E-state index contributed by atoms with van der Waals surface area (Å²) >= 11 is 9.20. The van der Waals surface area contributed by atoms with Gasteiger partial charge in [-0.15, -0.1) is 10.2 Å². The number of nitrogens with zero attached hydrogens (tertiary/aromatic N) is 2. The molecule has 1 heterocycles. The normalized spacial score (nSPS) is 10.6. The third-order valence-corrected chi connectivity index (χ3v) is 3.00. The minimum atomic E-state index is -0.267. The van der Waals surface area contributed by atoms with Crippen LogP contribution in [-0.4, -0.2) is 15.3 Å². The van der Waals surface area contributed by atoms with E-state index in [0.717, 1.165) is 10.0 Å². The van der Waals surface area contributed by atoms with E-state index in [1.165, 1.54) is 0 Å². The monoisotopic (exact) mass is 288 g/mol. The standard InChI is InChI=1S/C9H6BrClN2O2/c10-6-2-1-5(3-7(6)11)9-13-12-8(4-14)15-9/h1-3,14H,4H2. The number of aliphatic hydroxyl groups is 1. The highest BCUT2D eigenvalue weighted by Crippen LogP contribution is 2.27. The third kappa shape index (κ3) is 2.19. The van der Waals surface area contributed by atoms with Crippen molar-refractivity contribution in [2.24, 2.45) is 0 Å². The summed E-state index contributed by atoms with van der Waals surface area (Å²) in [6.45, 7) is -0.267. The number of aliphatic hydroxyl groups excluding tert-OH is 1. The van der Waals surface area contributed by atoms with Crippen molar-refractivity contribution >= 4 is 27.5 Å². The summed E-state index contributed by atoms with van der Waals surface area (Å²) in [6, 6.07) is 5.30. The van der Waals surface area contributed by atoms with Gasteiger partial charge in [0, 0.05) is 10.0 Å². The van der Waals surface area contributed by atoms with Crippen molar-refractivity contribution in [1.29, 1.82) is 0 Å². The molecule has 0 bridgehead atoms. The molecule has 0 fully saturated rings. The van der Waals surface area contributed by atoms with E-state index >= 15 is 0 Å². The highest BCUT2D eigenvalue weighted by molar-refractivity contribution is 9.10. The molecule has 0 aliphatic rings. The molecule has 0 radical (unpaired) electrons. The van der Waals surface area contributed by atoms with E-state index in [0.29, 0.717) is 10.9 Å². The number of halogens is 2. The summed E-state index contributed by atoms with van der Waals surface area (Å²) in [5.74, 6) is 0.525. The zero-order valence-corrected chi connectivity index (χ0v) is 9.79. The summed E-state index contributed by atoms with van der Waals surface area (Å²) in [5, 5.41) is 16.8. The van der Waals surface area contributed by atoms with Gasteiger partial charge in [0.05, 0.1) is 5.02 Å². The van der Waals surface area contributed by atoms with Crippen LogP contribution >= 0.6 is 27.5 Å². The molecule has 1 aromatic carbocycles. The van der Waals surface area contributed by atoms with E-state index in [2.05, 4.69) is 26.1 Å². The fraction of sp³-hybridized carbons (Fsp3) is 0.111. The van der Waals surface area contributed by atoms with Crippen LogP contribution in [0, 0.1) is 0 Å². The average molecular weight is 290 g/mol. The van der Waals surface area contributed by atoms with E-state index in [9.17, 15) is 0 Å². The molecule has 0 atom stereocenters. The third-order valence-electron chi connectivity index (χ3n) is 1.77. The molecule has 1 aromatic heterocycles. The summed E-state index contributed by atoms with van der Waals surface area (Å²) in [7, 11) is 0. The maximum atomic E-state index is 8.77. The van der Waals surface area contributed by atoms with Crippen LogP contribution in [-0.2, 0) is 6.61 Å². The lowest BCUT2D eigenvalue weighted by molar-refractivity contribution is 0.241. The zero-order valence-electron chi connectivity index (χ0n) is 7.44. The second kappa shape index (κ2) is 4.30. The number of hydrogen-bond acceptors (Lipinski definition) is 4. The first kappa shape index (κ1) is 10.6. The first-order chi connectivity index (χ1) is 7.20. The van der Waals surface area contributed by atoms with Gasteiger partial charge in [-0.25, -0.2) is 0 Å². The van der Waals surface area contributed by atoms with Crippen molar-refractivity contribution in [1.82, 2.24) is 10.2 Å². The Bertz CT molecular complexity index is 487. The van der Waals surface area contributed by atoms with E-state index in [1.807, 2.05) is 0 Å². The number of rotatable bonds is 2.